The van der Waals surface area contributed by atoms with Gasteiger partial charge in [-0.15, -0.1) is 0 Å². The van der Waals surface area contributed by atoms with E-state index in [2.05, 4.69) is 4.74 Å². The van der Waals surface area contributed by atoms with Gasteiger partial charge in [0.1, 0.15) is 18.0 Å². The van der Waals surface area contributed by atoms with Gasteiger partial charge in [-0.1, -0.05) is 0 Å². The van der Waals surface area contributed by atoms with Gasteiger partial charge in [0, 0.05) is 18.2 Å². The molecular formula is C13H18N2O5. The average molecular weight is 282 g/mol. The zero-order chi connectivity index (χ0) is 15.3. The van der Waals surface area contributed by atoms with Crippen LogP contribution in [-0.2, 0) is 9.53 Å². The highest BCUT2D eigenvalue weighted by Gasteiger charge is 2.24. The largest absolute Gasteiger partial charge is 0.497 e. The van der Waals surface area contributed by atoms with E-state index in [0.717, 1.165) is 0 Å². The van der Waals surface area contributed by atoms with Gasteiger partial charge in [-0.2, -0.15) is 0 Å². The molecule has 1 aromatic rings. The summed E-state index contributed by atoms with van der Waals surface area (Å²) in [7, 11) is 2.76. The maximum absolute atomic E-state index is 11.5. The lowest BCUT2D eigenvalue weighted by Gasteiger charge is -2.27. The van der Waals surface area contributed by atoms with Gasteiger partial charge in [-0.05, 0) is 19.9 Å². The number of carbonyl (C=O) groups excluding carboxylic acids is 1. The Balaban J connectivity index is 3.29. The molecule has 0 aromatic heterocycles. The zero-order valence-electron chi connectivity index (χ0n) is 12.0. The average Bonchev–Trinajstić information content (AvgIpc) is 2.43. The molecule has 0 amide bonds. The Morgan fingerprint density at radius 2 is 2.05 bits per heavy atom. The Kier molecular flexibility index (Phi) is 5.31. The monoisotopic (exact) mass is 282 g/mol. The number of hydrogen-bond acceptors (Lipinski definition) is 6. The van der Waals surface area contributed by atoms with Crippen molar-refractivity contribution in [1.82, 2.24) is 0 Å². The van der Waals surface area contributed by atoms with E-state index in [1.54, 1.807) is 11.0 Å². The molecule has 0 saturated carbocycles. The minimum Gasteiger partial charge on any atom is -0.497 e. The lowest BCUT2D eigenvalue weighted by atomic mass is 10.2. The number of rotatable bonds is 6. The highest BCUT2D eigenvalue weighted by atomic mass is 16.6. The third kappa shape index (κ3) is 3.59. The Labute approximate surface area is 117 Å². The number of ether oxygens (including phenoxy) is 2. The fourth-order valence-corrected chi connectivity index (χ4v) is 1.76. The number of nitro benzene ring substituents is 1. The summed E-state index contributed by atoms with van der Waals surface area (Å²) in [5.74, 6) is 0.0249. The molecule has 7 heteroatoms. The summed E-state index contributed by atoms with van der Waals surface area (Å²) < 4.78 is 9.71. The van der Waals surface area contributed by atoms with E-state index < -0.39 is 10.9 Å². The smallest absolute Gasteiger partial charge is 0.325 e. The molecule has 0 heterocycles. The maximum Gasteiger partial charge on any atom is 0.325 e. The van der Waals surface area contributed by atoms with Gasteiger partial charge in [0.05, 0.1) is 19.1 Å². The second kappa shape index (κ2) is 6.74. The molecule has 1 aromatic carbocycles. The summed E-state index contributed by atoms with van der Waals surface area (Å²) in [5.41, 5.74) is 0.248. The van der Waals surface area contributed by atoms with E-state index in [1.807, 2.05) is 13.8 Å². The van der Waals surface area contributed by atoms with Crippen LogP contribution in [0.2, 0.25) is 0 Å². The number of nitro groups is 1. The Morgan fingerprint density at radius 1 is 1.40 bits per heavy atom. The first kappa shape index (κ1) is 15.7. The van der Waals surface area contributed by atoms with Gasteiger partial charge in [-0.25, -0.2) is 0 Å². The first-order chi connectivity index (χ1) is 9.40. The quantitative estimate of drug-likeness (QED) is 0.451. The summed E-state index contributed by atoms with van der Waals surface area (Å²) in [6.07, 6.45) is 0. The molecule has 0 aliphatic heterocycles. The standard InChI is InChI=1S/C13H18N2O5/c1-9(2)14(8-13(16)20-4)12-7-10(19-3)5-6-11(12)15(17)18/h5-7,9H,8H2,1-4H3. The molecule has 0 aliphatic rings. The van der Waals surface area contributed by atoms with Gasteiger partial charge >= 0.3 is 5.97 Å². The summed E-state index contributed by atoms with van der Waals surface area (Å²) in [5, 5.41) is 11.1. The SMILES string of the molecule is COC(=O)CN(c1cc(OC)ccc1[N+](=O)[O-])C(C)C. The highest BCUT2D eigenvalue weighted by molar-refractivity contribution is 5.78. The molecule has 0 N–H and O–H groups in total. The molecule has 0 spiro atoms. The van der Waals surface area contributed by atoms with E-state index in [1.165, 1.54) is 26.4 Å². The van der Waals surface area contributed by atoms with Crippen LogP contribution in [0.5, 0.6) is 5.75 Å². The summed E-state index contributed by atoms with van der Waals surface area (Å²) in [6, 6.07) is 4.31. The summed E-state index contributed by atoms with van der Waals surface area (Å²) in [6.45, 7) is 3.61. The number of hydrogen-bond donors (Lipinski definition) is 0. The van der Waals surface area contributed by atoms with Gasteiger partial charge < -0.3 is 14.4 Å². The van der Waals surface area contributed by atoms with Crippen molar-refractivity contribution < 1.29 is 19.2 Å². The van der Waals surface area contributed by atoms with Crippen molar-refractivity contribution in [3.8, 4) is 5.75 Å². The fourth-order valence-electron chi connectivity index (χ4n) is 1.76. The number of nitrogens with zero attached hydrogens (tertiary/aromatic N) is 2. The molecule has 0 saturated heterocycles. The molecule has 20 heavy (non-hydrogen) atoms. The number of carbonyl (C=O) groups is 1. The lowest BCUT2D eigenvalue weighted by Crippen LogP contribution is -2.36. The van der Waals surface area contributed by atoms with Gasteiger partial charge in [-0.3, -0.25) is 14.9 Å². The van der Waals surface area contributed by atoms with E-state index in [4.69, 9.17) is 4.74 Å². The van der Waals surface area contributed by atoms with Gasteiger partial charge in [0.2, 0.25) is 0 Å². The molecule has 0 radical (unpaired) electrons. The van der Waals surface area contributed by atoms with Gasteiger partial charge in [0.15, 0.2) is 0 Å². The van der Waals surface area contributed by atoms with Crippen molar-refractivity contribution in [3.63, 3.8) is 0 Å². The van der Waals surface area contributed by atoms with Crippen molar-refractivity contribution in [2.45, 2.75) is 19.9 Å². The molecule has 0 fully saturated rings. The van der Waals surface area contributed by atoms with Crippen LogP contribution in [0.25, 0.3) is 0 Å². The molecule has 0 bridgehead atoms. The van der Waals surface area contributed by atoms with Crippen molar-refractivity contribution >= 4 is 17.3 Å². The van der Waals surface area contributed by atoms with Crippen molar-refractivity contribution in [2.75, 3.05) is 25.7 Å². The molecule has 7 nitrogen and oxygen atoms in total. The normalized spacial score (nSPS) is 10.2. The molecule has 110 valence electrons. The Bertz CT molecular complexity index is 502. The zero-order valence-corrected chi connectivity index (χ0v) is 12.0. The Hall–Kier alpha value is -2.31. The van der Waals surface area contributed by atoms with Crippen LogP contribution in [-0.4, -0.2) is 37.7 Å². The predicted octanol–water partition coefficient (Wildman–Crippen LogP) is 1.99. The first-order valence-electron chi connectivity index (χ1n) is 6.06. The van der Waals surface area contributed by atoms with Crippen molar-refractivity contribution in [3.05, 3.63) is 28.3 Å². The number of esters is 1. The van der Waals surface area contributed by atoms with Crippen molar-refractivity contribution in [1.29, 1.82) is 0 Å². The second-order valence-corrected chi connectivity index (χ2v) is 4.41. The molecular weight excluding hydrogens is 264 g/mol. The minimum atomic E-state index is -0.485. The minimum absolute atomic E-state index is 0.0673. The summed E-state index contributed by atoms with van der Waals surface area (Å²) >= 11 is 0. The van der Waals surface area contributed by atoms with Crippen LogP contribution in [0.4, 0.5) is 11.4 Å². The molecule has 0 unspecified atom stereocenters. The Morgan fingerprint density at radius 3 is 2.50 bits per heavy atom. The second-order valence-electron chi connectivity index (χ2n) is 4.41. The number of anilines is 1. The van der Waals surface area contributed by atoms with Crippen LogP contribution in [0.3, 0.4) is 0 Å². The highest BCUT2D eigenvalue weighted by Crippen LogP contribution is 2.33. The van der Waals surface area contributed by atoms with E-state index in [9.17, 15) is 14.9 Å². The fraction of sp³-hybridized carbons (Fsp3) is 0.462. The van der Waals surface area contributed by atoms with Crippen LogP contribution >= 0.6 is 0 Å². The summed E-state index contributed by atoms with van der Waals surface area (Å²) in [4.78, 5) is 23.7. The van der Waals surface area contributed by atoms with E-state index >= 15 is 0 Å². The maximum atomic E-state index is 11.5. The predicted molar refractivity (Wildman–Crippen MR) is 74.1 cm³/mol. The van der Waals surface area contributed by atoms with Gasteiger partial charge in [0.25, 0.3) is 5.69 Å². The molecule has 0 atom stereocenters. The third-order valence-electron chi connectivity index (χ3n) is 2.84. The van der Waals surface area contributed by atoms with E-state index in [-0.39, 0.29) is 18.3 Å². The van der Waals surface area contributed by atoms with Crippen molar-refractivity contribution in [2.24, 2.45) is 0 Å². The number of methoxy groups -OCH3 is 2. The van der Waals surface area contributed by atoms with E-state index in [0.29, 0.717) is 11.4 Å². The first-order valence-corrected chi connectivity index (χ1v) is 6.06. The van der Waals surface area contributed by atoms with Crippen LogP contribution in [0.15, 0.2) is 18.2 Å². The third-order valence-corrected chi connectivity index (χ3v) is 2.84. The lowest BCUT2D eigenvalue weighted by molar-refractivity contribution is -0.384. The number of benzene rings is 1. The molecule has 1 rings (SSSR count). The van der Waals surface area contributed by atoms with Crippen LogP contribution in [0.1, 0.15) is 13.8 Å². The van der Waals surface area contributed by atoms with Crippen LogP contribution in [0, 0.1) is 10.1 Å². The topological polar surface area (TPSA) is 81.9 Å². The molecule has 0 aliphatic carbocycles. The van der Waals surface area contributed by atoms with Crippen LogP contribution < -0.4 is 9.64 Å².